The molecule has 24 heavy (non-hydrogen) atoms. The zero-order valence-corrected chi connectivity index (χ0v) is 14.6. The van der Waals surface area contributed by atoms with Crippen molar-refractivity contribution in [3.8, 4) is 0 Å². The molecule has 0 aromatic carbocycles. The van der Waals surface area contributed by atoms with Gasteiger partial charge in [-0.3, -0.25) is 4.55 Å². The number of halogens is 2. The number of fused-ring (bicyclic) bond motifs is 2. The number of carbonyl (C=O) groups excluding carboxylic acids is 1. The molecule has 4 atom stereocenters. The fourth-order valence-corrected chi connectivity index (χ4v) is 4.33. The first-order valence-corrected chi connectivity index (χ1v) is 9.65. The minimum atomic E-state index is -5.84. The van der Waals surface area contributed by atoms with Crippen molar-refractivity contribution in [1.29, 1.82) is 0 Å². The maximum Gasteiger partial charge on any atom is 0.465 e. The molecule has 0 radical (unpaired) electrons. The molecule has 140 valence electrons. The highest BCUT2D eigenvalue weighted by molar-refractivity contribution is 7.87. The highest BCUT2D eigenvalue weighted by Gasteiger charge is 2.57. The lowest BCUT2D eigenvalue weighted by Crippen LogP contribution is -2.42. The fraction of sp³-hybridized carbons (Fsp3) is 0.933. The summed E-state index contributed by atoms with van der Waals surface area (Å²) in [6.45, 7) is 3.83. The van der Waals surface area contributed by atoms with Gasteiger partial charge in [0.2, 0.25) is 0 Å². The third kappa shape index (κ3) is 3.57. The van der Waals surface area contributed by atoms with E-state index in [-0.39, 0.29) is 17.8 Å². The van der Waals surface area contributed by atoms with Gasteiger partial charge >= 0.3 is 21.3 Å². The summed E-state index contributed by atoms with van der Waals surface area (Å²) in [7, 11) is -5.84. The van der Waals surface area contributed by atoms with Gasteiger partial charge in [-0.05, 0) is 56.3 Å². The predicted molar refractivity (Wildman–Crippen MR) is 80.8 cm³/mol. The molecule has 2 fully saturated rings. The number of hydrogen-bond acceptors (Lipinski definition) is 5. The largest absolute Gasteiger partial charge is 0.465 e. The second-order valence-corrected chi connectivity index (χ2v) is 8.52. The fourth-order valence-electron chi connectivity index (χ4n) is 4.07. The average molecular weight is 370 g/mol. The van der Waals surface area contributed by atoms with Crippen molar-refractivity contribution in [3.05, 3.63) is 0 Å². The summed E-state index contributed by atoms with van der Waals surface area (Å²) < 4.78 is 60.8. The second-order valence-electron chi connectivity index (χ2n) is 7.06. The number of aliphatic hydroxyl groups is 1. The van der Waals surface area contributed by atoms with Crippen molar-refractivity contribution in [2.45, 2.75) is 69.3 Å². The zero-order chi connectivity index (χ0) is 18.3. The molecule has 2 aliphatic rings. The Balaban J connectivity index is 1.95. The number of carbonyl (C=O) groups is 1. The molecule has 0 aromatic rings. The number of esters is 1. The van der Waals surface area contributed by atoms with Gasteiger partial charge in [-0.1, -0.05) is 13.8 Å². The van der Waals surface area contributed by atoms with Gasteiger partial charge in [0.15, 0.2) is 0 Å². The van der Waals surface area contributed by atoms with E-state index < -0.39 is 33.0 Å². The first-order valence-electron chi connectivity index (χ1n) is 8.21. The molecular weight excluding hydrogens is 346 g/mol. The Morgan fingerprint density at radius 3 is 2.17 bits per heavy atom. The summed E-state index contributed by atoms with van der Waals surface area (Å²) in [6, 6.07) is 0. The van der Waals surface area contributed by atoms with Crippen LogP contribution in [-0.2, 0) is 19.6 Å². The van der Waals surface area contributed by atoms with Crippen molar-refractivity contribution in [1.82, 2.24) is 0 Å². The molecule has 2 bridgehead atoms. The second kappa shape index (κ2) is 6.49. The van der Waals surface area contributed by atoms with Crippen molar-refractivity contribution in [3.63, 3.8) is 0 Å². The van der Waals surface area contributed by atoms with Crippen LogP contribution in [0.1, 0.15) is 52.4 Å². The molecule has 6 nitrogen and oxygen atoms in total. The molecule has 0 amide bonds. The number of rotatable bonds is 7. The number of alkyl halides is 2. The Morgan fingerprint density at radius 1 is 1.17 bits per heavy atom. The van der Waals surface area contributed by atoms with E-state index in [1.54, 1.807) is 0 Å². The summed E-state index contributed by atoms with van der Waals surface area (Å²) in [6.07, 6.45) is 2.89. The third-order valence-electron chi connectivity index (χ3n) is 5.72. The van der Waals surface area contributed by atoms with Gasteiger partial charge < -0.3 is 9.84 Å². The smallest absolute Gasteiger partial charge is 0.457 e. The van der Waals surface area contributed by atoms with Crippen LogP contribution in [0.5, 0.6) is 0 Å². The van der Waals surface area contributed by atoms with Gasteiger partial charge in [0, 0.05) is 0 Å². The van der Waals surface area contributed by atoms with Gasteiger partial charge in [0.25, 0.3) is 0 Å². The SMILES string of the molecule is CCC(O)(CC)CC1CC2CC1CC2OC(=O)C(F)(F)S(=O)(=O)O. The molecule has 0 spiro atoms. The Hall–Kier alpha value is -0.800. The molecule has 9 heteroatoms. The lowest BCUT2D eigenvalue weighted by molar-refractivity contribution is -0.170. The van der Waals surface area contributed by atoms with E-state index in [4.69, 9.17) is 4.55 Å². The summed E-state index contributed by atoms with van der Waals surface area (Å²) in [5.41, 5.74) is -0.737. The molecule has 0 saturated heterocycles. The van der Waals surface area contributed by atoms with Crippen LogP contribution in [0, 0.1) is 17.8 Å². The molecule has 0 heterocycles. The normalized spacial score (nSPS) is 30.6. The van der Waals surface area contributed by atoms with Crippen LogP contribution in [-0.4, -0.2) is 41.0 Å². The highest BCUT2D eigenvalue weighted by atomic mass is 32.2. The molecule has 2 N–H and O–H groups in total. The monoisotopic (exact) mass is 370 g/mol. The standard InChI is InChI=1S/C15H24F2O6S/c1-3-14(19,4-2)8-11-6-10-5-9(11)7-12(10)23-13(18)15(16,17)24(20,21)22/h9-12,19H,3-8H2,1-2H3,(H,20,21,22). The zero-order valence-electron chi connectivity index (χ0n) is 13.7. The predicted octanol–water partition coefficient (Wildman–Crippen LogP) is 2.37. The van der Waals surface area contributed by atoms with Gasteiger partial charge in [-0.15, -0.1) is 0 Å². The first-order chi connectivity index (χ1) is 10.9. The van der Waals surface area contributed by atoms with Gasteiger partial charge in [-0.2, -0.15) is 17.2 Å². The van der Waals surface area contributed by atoms with Gasteiger partial charge in [0.1, 0.15) is 6.10 Å². The quantitative estimate of drug-likeness (QED) is 0.527. The Morgan fingerprint density at radius 2 is 1.75 bits per heavy atom. The molecule has 2 saturated carbocycles. The van der Waals surface area contributed by atoms with Crippen LogP contribution in [0.3, 0.4) is 0 Å². The molecular formula is C15H24F2O6S. The Labute approximate surface area is 140 Å². The summed E-state index contributed by atoms with van der Waals surface area (Å²) in [4.78, 5) is 11.4. The van der Waals surface area contributed by atoms with E-state index in [2.05, 4.69) is 4.74 Å². The molecule has 0 aromatic heterocycles. The van der Waals surface area contributed by atoms with E-state index in [1.165, 1.54) is 0 Å². The minimum Gasteiger partial charge on any atom is -0.457 e. The van der Waals surface area contributed by atoms with Crippen LogP contribution < -0.4 is 0 Å². The summed E-state index contributed by atoms with van der Waals surface area (Å²) in [5, 5.41) is 5.50. The topological polar surface area (TPSA) is 101 Å². The van der Waals surface area contributed by atoms with Gasteiger partial charge in [0.05, 0.1) is 5.60 Å². The van der Waals surface area contributed by atoms with Crippen LogP contribution in [0.4, 0.5) is 8.78 Å². The van der Waals surface area contributed by atoms with E-state index in [0.29, 0.717) is 38.5 Å². The van der Waals surface area contributed by atoms with E-state index in [1.807, 2.05) is 13.8 Å². The maximum atomic E-state index is 13.3. The van der Waals surface area contributed by atoms with Crippen LogP contribution >= 0.6 is 0 Å². The molecule has 0 aliphatic heterocycles. The average Bonchev–Trinajstić information content (AvgIpc) is 3.05. The van der Waals surface area contributed by atoms with Crippen molar-refractivity contribution in [2.75, 3.05) is 0 Å². The third-order valence-corrected chi connectivity index (χ3v) is 6.53. The van der Waals surface area contributed by atoms with E-state index in [0.717, 1.165) is 0 Å². The lowest BCUT2D eigenvalue weighted by Gasteiger charge is -2.34. The molecule has 4 unspecified atom stereocenters. The Kier molecular flexibility index (Phi) is 5.28. The van der Waals surface area contributed by atoms with Gasteiger partial charge in [-0.25, -0.2) is 4.79 Å². The first kappa shape index (κ1) is 19.5. The maximum absolute atomic E-state index is 13.3. The summed E-state index contributed by atoms with van der Waals surface area (Å²) in [5.74, 6) is -1.93. The number of hydrogen-bond donors (Lipinski definition) is 2. The lowest BCUT2D eigenvalue weighted by atomic mass is 9.77. The van der Waals surface area contributed by atoms with Crippen molar-refractivity contribution in [2.24, 2.45) is 17.8 Å². The van der Waals surface area contributed by atoms with E-state index >= 15 is 0 Å². The highest BCUT2D eigenvalue weighted by Crippen LogP contribution is 2.52. The van der Waals surface area contributed by atoms with E-state index in [9.17, 15) is 27.1 Å². The van der Waals surface area contributed by atoms with Crippen molar-refractivity contribution >= 4 is 16.1 Å². The Bertz CT molecular complexity index is 587. The number of ether oxygens (including phenoxy) is 1. The van der Waals surface area contributed by atoms with Crippen molar-refractivity contribution < 1.29 is 36.4 Å². The van der Waals surface area contributed by atoms with Crippen LogP contribution in [0.2, 0.25) is 0 Å². The summed E-state index contributed by atoms with van der Waals surface area (Å²) >= 11 is 0. The molecule has 2 rings (SSSR count). The van der Waals surface area contributed by atoms with Crippen LogP contribution in [0.25, 0.3) is 0 Å². The molecule has 2 aliphatic carbocycles. The van der Waals surface area contributed by atoms with Crippen LogP contribution in [0.15, 0.2) is 0 Å². The minimum absolute atomic E-state index is 0.112.